The fourth-order valence-corrected chi connectivity index (χ4v) is 3.42. The lowest BCUT2D eigenvalue weighted by molar-refractivity contribution is -0.137. The molecule has 1 atom stereocenters. The summed E-state index contributed by atoms with van der Waals surface area (Å²) in [5.41, 5.74) is 3.16. The highest BCUT2D eigenvalue weighted by Crippen LogP contribution is 2.38. The zero-order valence-electron chi connectivity index (χ0n) is 14.2. The van der Waals surface area contributed by atoms with E-state index in [0.29, 0.717) is 0 Å². The molecule has 0 radical (unpaired) electrons. The monoisotopic (exact) mass is 325 g/mol. The minimum atomic E-state index is -0.750. The zero-order chi connectivity index (χ0) is 17.1. The molecule has 4 nitrogen and oxygen atoms in total. The summed E-state index contributed by atoms with van der Waals surface area (Å²) in [5, 5.41) is 9.16. The van der Waals surface area contributed by atoms with Crippen molar-refractivity contribution in [1.82, 2.24) is 0 Å². The van der Waals surface area contributed by atoms with Crippen LogP contribution in [-0.4, -0.2) is 23.7 Å². The lowest BCUT2D eigenvalue weighted by Crippen LogP contribution is -2.31. The molecular weight excluding hydrogens is 302 g/mol. The number of carbonyl (C=O) groups is 1. The number of rotatable bonds is 5. The number of benzene rings is 2. The van der Waals surface area contributed by atoms with Crippen molar-refractivity contribution >= 4 is 11.7 Å². The molecule has 0 bridgehead atoms. The minimum Gasteiger partial charge on any atom is -0.481 e. The Kier molecular flexibility index (Phi) is 4.74. The van der Waals surface area contributed by atoms with Crippen LogP contribution in [0.3, 0.4) is 0 Å². The number of nitrogens with zero attached hydrogens (tertiary/aromatic N) is 1. The number of ether oxygens (including phenoxy) is 1. The van der Waals surface area contributed by atoms with Crippen LogP contribution in [0.25, 0.3) is 0 Å². The third-order valence-corrected chi connectivity index (χ3v) is 4.58. The number of carboxylic acids is 1. The Morgan fingerprint density at radius 1 is 1.17 bits per heavy atom. The van der Waals surface area contributed by atoms with Crippen LogP contribution >= 0.6 is 0 Å². The summed E-state index contributed by atoms with van der Waals surface area (Å²) in [6.45, 7) is 4.94. The number of para-hydroxylation sites is 3. The molecule has 0 aromatic heterocycles. The first kappa shape index (κ1) is 16.4. The second-order valence-corrected chi connectivity index (χ2v) is 6.38. The summed E-state index contributed by atoms with van der Waals surface area (Å²) in [4.78, 5) is 13.3. The number of aryl methyl sites for hydroxylation is 2. The first-order chi connectivity index (χ1) is 11.6. The fraction of sp³-hybridized carbons (Fsp3) is 0.350. The Balaban J connectivity index is 1.92. The van der Waals surface area contributed by atoms with Crippen molar-refractivity contribution in [2.45, 2.75) is 39.2 Å². The van der Waals surface area contributed by atoms with Crippen LogP contribution in [0.15, 0.2) is 42.5 Å². The van der Waals surface area contributed by atoms with Crippen molar-refractivity contribution in [2.24, 2.45) is 0 Å². The van der Waals surface area contributed by atoms with Crippen molar-refractivity contribution in [2.75, 3.05) is 11.4 Å². The highest BCUT2D eigenvalue weighted by Gasteiger charge is 2.28. The average Bonchev–Trinajstić information content (AvgIpc) is 2.98. The Labute approximate surface area is 142 Å². The van der Waals surface area contributed by atoms with Gasteiger partial charge < -0.3 is 14.7 Å². The molecule has 1 aliphatic rings. The largest absolute Gasteiger partial charge is 0.481 e. The van der Waals surface area contributed by atoms with E-state index in [9.17, 15) is 4.79 Å². The van der Waals surface area contributed by atoms with E-state index in [1.54, 1.807) is 0 Å². The maximum Gasteiger partial charge on any atom is 0.305 e. The molecule has 2 aromatic carbocycles. The van der Waals surface area contributed by atoms with Gasteiger partial charge in [-0.3, -0.25) is 4.79 Å². The van der Waals surface area contributed by atoms with Crippen molar-refractivity contribution < 1.29 is 14.6 Å². The molecule has 3 rings (SSSR count). The van der Waals surface area contributed by atoms with Gasteiger partial charge in [-0.15, -0.1) is 0 Å². The van der Waals surface area contributed by atoms with Gasteiger partial charge in [0.05, 0.1) is 12.1 Å². The molecule has 4 heteroatoms. The smallest absolute Gasteiger partial charge is 0.305 e. The van der Waals surface area contributed by atoms with Gasteiger partial charge in [0, 0.05) is 12.6 Å². The van der Waals surface area contributed by atoms with E-state index >= 15 is 0 Å². The van der Waals surface area contributed by atoms with Gasteiger partial charge in [-0.1, -0.05) is 30.3 Å². The van der Waals surface area contributed by atoms with Crippen LogP contribution in [0.5, 0.6) is 11.5 Å². The Bertz CT molecular complexity index is 721. The van der Waals surface area contributed by atoms with Gasteiger partial charge in [0.1, 0.15) is 5.75 Å². The molecule has 24 heavy (non-hydrogen) atoms. The van der Waals surface area contributed by atoms with E-state index < -0.39 is 5.97 Å². The summed E-state index contributed by atoms with van der Waals surface area (Å²) in [7, 11) is 0. The van der Waals surface area contributed by atoms with Gasteiger partial charge in [0.15, 0.2) is 5.75 Å². The molecule has 1 N–H and O–H groups in total. The van der Waals surface area contributed by atoms with E-state index in [0.717, 1.165) is 47.7 Å². The number of anilines is 1. The number of hydrogen-bond donors (Lipinski definition) is 1. The number of carboxylic acid groups (broad SMARTS) is 1. The predicted octanol–water partition coefficient (Wildman–Crippen LogP) is 4.54. The van der Waals surface area contributed by atoms with Gasteiger partial charge in [0.25, 0.3) is 0 Å². The normalized spacial score (nSPS) is 17.1. The predicted molar refractivity (Wildman–Crippen MR) is 95.1 cm³/mol. The number of aliphatic carboxylic acids is 1. The van der Waals surface area contributed by atoms with Crippen LogP contribution in [0, 0.1) is 13.8 Å². The second kappa shape index (κ2) is 6.95. The van der Waals surface area contributed by atoms with Gasteiger partial charge >= 0.3 is 5.97 Å². The highest BCUT2D eigenvalue weighted by molar-refractivity contribution is 5.70. The van der Waals surface area contributed by atoms with Crippen LogP contribution in [-0.2, 0) is 4.79 Å². The van der Waals surface area contributed by atoms with Crippen LogP contribution in [0.4, 0.5) is 5.69 Å². The van der Waals surface area contributed by atoms with E-state index in [1.165, 1.54) is 0 Å². The van der Waals surface area contributed by atoms with Crippen molar-refractivity contribution in [1.29, 1.82) is 0 Å². The van der Waals surface area contributed by atoms with Crippen LogP contribution in [0.1, 0.15) is 30.4 Å². The zero-order valence-corrected chi connectivity index (χ0v) is 14.2. The Hall–Kier alpha value is -2.49. The lowest BCUT2D eigenvalue weighted by atomic mass is 10.1. The summed E-state index contributed by atoms with van der Waals surface area (Å²) in [6, 6.07) is 14.0. The average molecular weight is 325 g/mol. The lowest BCUT2D eigenvalue weighted by Gasteiger charge is -2.28. The summed E-state index contributed by atoms with van der Waals surface area (Å²) >= 11 is 0. The molecule has 1 saturated heterocycles. The molecular formula is C20H23NO3. The van der Waals surface area contributed by atoms with Crippen molar-refractivity contribution in [3.05, 3.63) is 53.6 Å². The summed E-state index contributed by atoms with van der Waals surface area (Å²) in [5.74, 6) is 0.908. The maximum absolute atomic E-state index is 11.1. The number of hydrogen-bond acceptors (Lipinski definition) is 3. The first-order valence-corrected chi connectivity index (χ1v) is 8.38. The maximum atomic E-state index is 11.1. The molecule has 0 amide bonds. The topological polar surface area (TPSA) is 49.8 Å². The van der Waals surface area contributed by atoms with E-state index in [4.69, 9.17) is 9.84 Å². The van der Waals surface area contributed by atoms with Crippen LogP contribution < -0.4 is 9.64 Å². The van der Waals surface area contributed by atoms with Gasteiger partial charge in [-0.25, -0.2) is 0 Å². The van der Waals surface area contributed by atoms with E-state index in [2.05, 4.69) is 4.90 Å². The fourth-order valence-electron chi connectivity index (χ4n) is 3.42. The second-order valence-electron chi connectivity index (χ2n) is 6.38. The molecule has 0 spiro atoms. The Morgan fingerprint density at radius 3 is 2.58 bits per heavy atom. The molecule has 2 aromatic rings. The molecule has 126 valence electrons. The SMILES string of the molecule is Cc1cccc(C)c1Oc1ccccc1N1CCCC1CC(=O)O. The summed E-state index contributed by atoms with van der Waals surface area (Å²) < 4.78 is 6.25. The van der Waals surface area contributed by atoms with E-state index in [-0.39, 0.29) is 12.5 Å². The van der Waals surface area contributed by atoms with Crippen LogP contribution in [0.2, 0.25) is 0 Å². The molecule has 1 unspecified atom stereocenters. The first-order valence-electron chi connectivity index (χ1n) is 8.38. The molecule has 0 aliphatic carbocycles. The summed E-state index contributed by atoms with van der Waals surface area (Å²) in [6.07, 6.45) is 2.08. The quantitative estimate of drug-likeness (QED) is 0.877. The highest BCUT2D eigenvalue weighted by atomic mass is 16.5. The third kappa shape index (κ3) is 3.37. The molecule has 1 aliphatic heterocycles. The standard InChI is InChI=1S/C20H23NO3/c1-14-7-5-8-15(2)20(14)24-18-11-4-3-10-17(18)21-12-6-9-16(21)13-19(22)23/h3-5,7-8,10-11,16H,6,9,12-13H2,1-2H3,(H,22,23). The molecule has 1 fully saturated rings. The minimum absolute atomic E-state index is 0.0326. The van der Waals surface area contributed by atoms with E-state index in [1.807, 2.05) is 56.3 Å². The molecule has 1 heterocycles. The van der Waals surface area contributed by atoms with Crippen molar-refractivity contribution in [3.8, 4) is 11.5 Å². The Morgan fingerprint density at radius 2 is 1.88 bits per heavy atom. The van der Waals surface area contributed by atoms with Gasteiger partial charge in [0.2, 0.25) is 0 Å². The molecule has 0 saturated carbocycles. The third-order valence-electron chi connectivity index (χ3n) is 4.58. The van der Waals surface area contributed by atoms with Gasteiger partial charge in [-0.05, 0) is 49.9 Å². The van der Waals surface area contributed by atoms with Crippen molar-refractivity contribution in [3.63, 3.8) is 0 Å². The van der Waals surface area contributed by atoms with Gasteiger partial charge in [-0.2, -0.15) is 0 Å².